The summed E-state index contributed by atoms with van der Waals surface area (Å²) in [6, 6.07) is 12.8. The van der Waals surface area contributed by atoms with Crippen LogP contribution in [0, 0.1) is 17.0 Å². The highest BCUT2D eigenvalue weighted by atomic mass is 32.2. The van der Waals surface area contributed by atoms with Crippen molar-refractivity contribution in [2.24, 2.45) is 0 Å². The molecule has 0 saturated heterocycles. The van der Waals surface area contributed by atoms with E-state index in [0.717, 1.165) is 10.6 Å². The summed E-state index contributed by atoms with van der Waals surface area (Å²) in [5.74, 6) is 0.762. The number of hydrogen-bond donors (Lipinski definition) is 0. The molecule has 0 spiro atoms. The molecule has 0 fully saturated rings. The second-order valence-corrected chi connectivity index (χ2v) is 5.42. The van der Waals surface area contributed by atoms with Crippen molar-refractivity contribution in [1.29, 1.82) is 0 Å². The molecule has 0 radical (unpaired) electrons. The summed E-state index contributed by atoms with van der Waals surface area (Å²) in [6.07, 6.45) is 0.523. The lowest BCUT2D eigenvalue weighted by molar-refractivity contribution is -0.385. The Morgan fingerprint density at radius 2 is 2.05 bits per heavy atom. The van der Waals surface area contributed by atoms with Crippen LogP contribution >= 0.6 is 11.8 Å². The van der Waals surface area contributed by atoms with Crippen molar-refractivity contribution in [3.8, 4) is 0 Å². The highest BCUT2D eigenvalue weighted by Gasteiger charge is 2.13. The largest absolute Gasteiger partial charge is 0.298 e. The molecule has 102 valence electrons. The van der Waals surface area contributed by atoms with Gasteiger partial charge in [-0.2, -0.15) is 0 Å². The fraction of sp³-hybridized carbons (Fsp3) is 0.133. The molecule has 2 aromatic rings. The number of nitro benzene ring substituents is 1. The first-order valence-corrected chi connectivity index (χ1v) is 7.00. The van der Waals surface area contributed by atoms with E-state index in [9.17, 15) is 14.9 Å². The summed E-state index contributed by atoms with van der Waals surface area (Å²) in [5.41, 5.74) is 2.34. The average molecular weight is 287 g/mol. The van der Waals surface area contributed by atoms with E-state index in [2.05, 4.69) is 6.07 Å². The molecule has 5 heteroatoms. The van der Waals surface area contributed by atoms with Gasteiger partial charge >= 0.3 is 0 Å². The Bertz CT molecular complexity index is 655. The highest BCUT2D eigenvalue weighted by molar-refractivity contribution is 7.98. The first kappa shape index (κ1) is 14.3. The lowest BCUT2D eigenvalue weighted by Crippen LogP contribution is -1.94. The quantitative estimate of drug-likeness (QED) is 0.361. The number of aryl methyl sites for hydroxylation is 1. The Kier molecular flexibility index (Phi) is 4.53. The average Bonchev–Trinajstić information content (AvgIpc) is 2.44. The maximum absolute atomic E-state index is 10.9. The summed E-state index contributed by atoms with van der Waals surface area (Å²) in [6.45, 7) is 2.03. The van der Waals surface area contributed by atoms with Crippen molar-refractivity contribution in [1.82, 2.24) is 0 Å². The molecule has 4 nitrogen and oxygen atoms in total. The van der Waals surface area contributed by atoms with Crippen LogP contribution in [0.4, 0.5) is 5.69 Å². The Balaban J connectivity index is 2.14. The van der Waals surface area contributed by atoms with Gasteiger partial charge in [0.05, 0.1) is 10.5 Å². The summed E-state index contributed by atoms with van der Waals surface area (Å²) in [4.78, 5) is 21.9. The van der Waals surface area contributed by atoms with Gasteiger partial charge in [0.15, 0.2) is 6.29 Å². The Morgan fingerprint density at radius 3 is 2.70 bits per heavy atom. The number of hydrogen-bond acceptors (Lipinski definition) is 4. The molecule has 0 atom stereocenters. The van der Waals surface area contributed by atoms with Crippen LogP contribution in [0.5, 0.6) is 0 Å². The third kappa shape index (κ3) is 3.45. The van der Waals surface area contributed by atoms with Crippen molar-refractivity contribution in [3.63, 3.8) is 0 Å². The molecule has 2 rings (SSSR count). The van der Waals surface area contributed by atoms with Gasteiger partial charge < -0.3 is 0 Å². The van der Waals surface area contributed by atoms with E-state index < -0.39 is 4.92 Å². The third-order valence-electron chi connectivity index (χ3n) is 2.81. The molecule has 0 unspecified atom stereocenters. The third-order valence-corrected chi connectivity index (χ3v) is 3.88. The predicted octanol–water partition coefficient (Wildman–Crippen LogP) is 4.01. The van der Waals surface area contributed by atoms with Crippen LogP contribution in [-0.4, -0.2) is 11.2 Å². The molecular weight excluding hydrogens is 274 g/mol. The van der Waals surface area contributed by atoms with Crippen LogP contribution in [-0.2, 0) is 5.75 Å². The molecule has 0 amide bonds. The van der Waals surface area contributed by atoms with Crippen molar-refractivity contribution in [2.45, 2.75) is 17.6 Å². The summed E-state index contributed by atoms with van der Waals surface area (Å²) < 4.78 is 0. The zero-order chi connectivity index (χ0) is 14.5. The number of rotatable bonds is 5. The number of nitrogens with zero attached hydrogens (tertiary/aromatic N) is 1. The highest BCUT2D eigenvalue weighted by Crippen LogP contribution is 2.27. The van der Waals surface area contributed by atoms with E-state index in [0.29, 0.717) is 6.29 Å². The first-order valence-electron chi connectivity index (χ1n) is 6.02. The fourth-order valence-electron chi connectivity index (χ4n) is 1.85. The van der Waals surface area contributed by atoms with E-state index in [1.807, 2.05) is 25.1 Å². The lowest BCUT2D eigenvalue weighted by atomic mass is 10.2. The van der Waals surface area contributed by atoms with E-state index in [1.165, 1.54) is 17.2 Å². The van der Waals surface area contributed by atoms with Gasteiger partial charge in [0.1, 0.15) is 0 Å². The minimum atomic E-state index is -0.543. The molecule has 0 aromatic heterocycles. The van der Waals surface area contributed by atoms with Gasteiger partial charge in [-0.05, 0) is 24.6 Å². The topological polar surface area (TPSA) is 60.2 Å². The van der Waals surface area contributed by atoms with Crippen LogP contribution in [0.2, 0.25) is 0 Å². The fourth-order valence-corrected chi connectivity index (χ4v) is 2.74. The van der Waals surface area contributed by atoms with Crippen LogP contribution in [0.1, 0.15) is 21.5 Å². The van der Waals surface area contributed by atoms with E-state index in [4.69, 9.17) is 0 Å². The van der Waals surface area contributed by atoms with Crippen LogP contribution in [0.25, 0.3) is 0 Å². The molecular formula is C15H13NO3S. The van der Waals surface area contributed by atoms with Crippen molar-refractivity contribution in [3.05, 3.63) is 69.3 Å². The molecule has 0 saturated carbocycles. The van der Waals surface area contributed by atoms with Gasteiger partial charge in [-0.1, -0.05) is 29.8 Å². The second-order valence-electron chi connectivity index (χ2n) is 4.37. The lowest BCUT2D eigenvalue weighted by Gasteiger charge is -2.04. The second kappa shape index (κ2) is 6.34. The van der Waals surface area contributed by atoms with Crippen LogP contribution in [0.3, 0.4) is 0 Å². The molecule has 0 aliphatic carbocycles. The number of benzene rings is 2. The molecule has 2 aromatic carbocycles. The number of carbonyl (C=O) groups is 1. The van der Waals surface area contributed by atoms with Crippen molar-refractivity contribution in [2.75, 3.05) is 0 Å². The Labute approximate surface area is 121 Å². The Morgan fingerprint density at radius 1 is 1.25 bits per heavy atom. The van der Waals surface area contributed by atoms with Gasteiger partial charge in [0.2, 0.25) is 0 Å². The van der Waals surface area contributed by atoms with Crippen molar-refractivity contribution >= 4 is 23.7 Å². The number of aldehydes is 1. The first-order chi connectivity index (χ1) is 9.60. The normalized spacial score (nSPS) is 10.2. The maximum atomic E-state index is 10.9. The van der Waals surface area contributed by atoms with E-state index >= 15 is 0 Å². The van der Waals surface area contributed by atoms with Crippen LogP contribution < -0.4 is 0 Å². The van der Waals surface area contributed by atoms with Crippen LogP contribution in [0.15, 0.2) is 47.4 Å². The van der Waals surface area contributed by atoms with E-state index in [1.54, 1.807) is 23.9 Å². The minimum Gasteiger partial charge on any atom is -0.298 e. The number of nitro groups is 1. The summed E-state index contributed by atoms with van der Waals surface area (Å²) in [7, 11) is 0. The molecule has 20 heavy (non-hydrogen) atoms. The number of carbonyl (C=O) groups excluding carboxylic acids is 1. The zero-order valence-corrected chi connectivity index (χ0v) is 11.7. The Hall–Kier alpha value is -2.14. The summed E-state index contributed by atoms with van der Waals surface area (Å²) >= 11 is 1.55. The SMILES string of the molecule is Cc1cccc(CSc2ccc([N+](=O)[O-])c(C=O)c2)c1. The molecule has 0 bridgehead atoms. The summed E-state index contributed by atoms with van der Waals surface area (Å²) in [5, 5.41) is 10.7. The minimum absolute atomic E-state index is 0.115. The van der Waals surface area contributed by atoms with Gasteiger partial charge in [0.25, 0.3) is 5.69 Å². The number of thioether (sulfide) groups is 1. The predicted molar refractivity (Wildman–Crippen MR) is 79.2 cm³/mol. The smallest absolute Gasteiger partial charge is 0.279 e. The molecule has 0 aliphatic rings. The van der Waals surface area contributed by atoms with Gasteiger partial charge in [-0.3, -0.25) is 14.9 Å². The zero-order valence-electron chi connectivity index (χ0n) is 10.9. The van der Waals surface area contributed by atoms with Gasteiger partial charge in [-0.25, -0.2) is 0 Å². The van der Waals surface area contributed by atoms with E-state index in [-0.39, 0.29) is 11.3 Å². The molecule has 0 N–H and O–H groups in total. The van der Waals surface area contributed by atoms with Gasteiger partial charge in [-0.15, -0.1) is 11.8 Å². The van der Waals surface area contributed by atoms with Crippen molar-refractivity contribution < 1.29 is 9.72 Å². The van der Waals surface area contributed by atoms with Gasteiger partial charge in [0, 0.05) is 16.7 Å². The monoisotopic (exact) mass is 287 g/mol. The molecule has 0 heterocycles. The standard InChI is InChI=1S/C15H13NO3S/c1-11-3-2-4-12(7-11)10-20-14-5-6-15(16(18)19)13(8-14)9-17/h2-9H,10H2,1H3. The maximum Gasteiger partial charge on any atom is 0.279 e. The molecule has 0 aliphatic heterocycles.